The number of anilines is 1. The lowest BCUT2D eigenvalue weighted by atomic mass is 9.95. The summed E-state index contributed by atoms with van der Waals surface area (Å²) >= 11 is 1.30. The van der Waals surface area contributed by atoms with Gasteiger partial charge in [0.1, 0.15) is 15.6 Å². The van der Waals surface area contributed by atoms with Crippen LogP contribution in [0.25, 0.3) is 10.2 Å². The van der Waals surface area contributed by atoms with Crippen LogP contribution in [0.4, 0.5) is 5.69 Å². The van der Waals surface area contributed by atoms with Crippen molar-refractivity contribution in [3.63, 3.8) is 0 Å². The molecule has 1 aliphatic heterocycles. The van der Waals surface area contributed by atoms with Crippen molar-refractivity contribution >= 4 is 43.2 Å². The van der Waals surface area contributed by atoms with E-state index in [0.29, 0.717) is 18.1 Å². The number of sulfonamides is 1. The first-order valence-corrected chi connectivity index (χ1v) is 13.0. The second kappa shape index (κ2) is 8.75. The standard InChI is InChI=1S/C23H28N4O4S2/c1-14-18-15(2)24-22(23(3,4)5)26-21(18)32-19(14)20(28)25-16-8-6-7-9-17(16)33(29,30)27-10-12-31-13-11-27/h6-9H,10-13H2,1-5H3,(H,25,28). The zero-order valence-electron chi connectivity index (χ0n) is 19.4. The number of ether oxygens (including phenoxy) is 1. The van der Waals surface area contributed by atoms with Crippen LogP contribution in [-0.4, -0.2) is 54.9 Å². The third-order valence-electron chi connectivity index (χ3n) is 5.57. The summed E-state index contributed by atoms with van der Waals surface area (Å²) in [5, 5.41) is 3.69. The molecule has 176 valence electrons. The number of aryl methyl sites for hydroxylation is 2. The van der Waals surface area contributed by atoms with Gasteiger partial charge >= 0.3 is 0 Å². The van der Waals surface area contributed by atoms with E-state index in [-0.39, 0.29) is 35.0 Å². The summed E-state index contributed by atoms with van der Waals surface area (Å²) in [6.07, 6.45) is 0. The number of hydrogen-bond acceptors (Lipinski definition) is 7. The molecule has 8 nitrogen and oxygen atoms in total. The van der Waals surface area contributed by atoms with Crippen LogP contribution in [-0.2, 0) is 20.2 Å². The lowest BCUT2D eigenvalue weighted by molar-refractivity contribution is 0.0730. The van der Waals surface area contributed by atoms with Crippen molar-refractivity contribution in [1.82, 2.24) is 14.3 Å². The first kappa shape index (κ1) is 23.7. The van der Waals surface area contributed by atoms with Gasteiger partial charge in [-0.25, -0.2) is 18.4 Å². The molecule has 4 rings (SSSR count). The van der Waals surface area contributed by atoms with Gasteiger partial charge in [-0.1, -0.05) is 32.9 Å². The molecule has 0 radical (unpaired) electrons. The molecule has 10 heteroatoms. The van der Waals surface area contributed by atoms with Crippen LogP contribution in [0.15, 0.2) is 29.2 Å². The Bertz CT molecular complexity index is 1320. The number of nitrogens with one attached hydrogen (secondary N) is 1. The lowest BCUT2D eigenvalue weighted by Gasteiger charge is -2.26. The summed E-state index contributed by atoms with van der Waals surface area (Å²) in [7, 11) is -3.76. The fourth-order valence-electron chi connectivity index (χ4n) is 3.79. The number of nitrogens with zero attached hydrogens (tertiary/aromatic N) is 3. The van der Waals surface area contributed by atoms with E-state index in [1.165, 1.54) is 21.7 Å². The lowest BCUT2D eigenvalue weighted by Crippen LogP contribution is -2.40. The molecule has 0 aliphatic carbocycles. The Morgan fingerprint density at radius 1 is 1.12 bits per heavy atom. The molecule has 1 aromatic carbocycles. The van der Waals surface area contributed by atoms with Gasteiger partial charge in [0.25, 0.3) is 5.91 Å². The van der Waals surface area contributed by atoms with Crippen LogP contribution < -0.4 is 5.32 Å². The van der Waals surface area contributed by atoms with Crippen LogP contribution in [0.3, 0.4) is 0 Å². The van der Waals surface area contributed by atoms with Crippen molar-refractivity contribution in [3.8, 4) is 0 Å². The number of thiophene rings is 1. The summed E-state index contributed by atoms with van der Waals surface area (Å²) in [6, 6.07) is 6.48. The molecule has 3 heterocycles. The summed E-state index contributed by atoms with van der Waals surface area (Å²) in [4.78, 5) is 24.0. The molecule has 1 aliphatic rings. The molecule has 1 amide bonds. The van der Waals surface area contributed by atoms with Crippen molar-refractivity contribution in [2.75, 3.05) is 31.6 Å². The molecule has 2 aromatic heterocycles. The minimum atomic E-state index is -3.76. The van der Waals surface area contributed by atoms with Gasteiger partial charge in [0.2, 0.25) is 10.0 Å². The Morgan fingerprint density at radius 2 is 1.79 bits per heavy atom. The first-order chi connectivity index (χ1) is 15.5. The second-order valence-electron chi connectivity index (χ2n) is 9.09. The fourth-order valence-corrected chi connectivity index (χ4v) is 6.47. The molecular weight excluding hydrogens is 460 g/mol. The van der Waals surface area contributed by atoms with E-state index in [4.69, 9.17) is 9.72 Å². The highest BCUT2D eigenvalue weighted by molar-refractivity contribution is 7.89. The fraction of sp³-hybridized carbons (Fsp3) is 0.435. The highest BCUT2D eigenvalue weighted by atomic mass is 32.2. The molecule has 1 saturated heterocycles. The van der Waals surface area contributed by atoms with E-state index in [2.05, 4.69) is 10.3 Å². The topological polar surface area (TPSA) is 101 Å². The third-order valence-corrected chi connectivity index (χ3v) is 8.71. The Balaban J connectivity index is 1.70. The number of hydrogen-bond donors (Lipinski definition) is 1. The van der Waals surface area contributed by atoms with Crippen molar-refractivity contribution in [2.24, 2.45) is 0 Å². The molecule has 3 aromatic rings. The van der Waals surface area contributed by atoms with Gasteiger partial charge < -0.3 is 10.1 Å². The minimum Gasteiger partial charge on any atom is -0.379 e. The van der Waals surface area contributed by atoms with E-state index in [9.17, 15) is 13.2 Å². The SMILES string of the molecule is Cc1nc(C(C)(C)C)nc2sc(C(=O)Nc3ccccc3S(=O)(=O)N3CCOCC3)c(C)c12. The second-order valence-corrected chi connectivity index (χ2v) is 12.0. The molecular formula is C23H28N4O4S2. The average molecular weight is 489 g/mol. The molecule has 1 N–H and O–H groups in total. The van der Waals surface area contributed by atoms with Crippen molar-refractivity contribution in [2.45, 2.75) is 44.9 Å². The van der Waals surface area contributed by atoms with E-state index in [1.807, 2.05) is 34.6 Å². The summed E-state index contributed by atoms with van der Waals surface area (Å²) < 4.78 is 33.1. The number of carbonyl (C=O) groups is 1. The van der Waals surface area contributed by atoms with Crippen molar-refractivity contribution in [1.29, 1.82) is 0 Å². The van der Waals surface area contributed by atoms with Crippen LogP contribution in [0.1, 0.15) is 47.5 Å². The maximum absolute atomic E-state index is 13.3. The maximum atomic E-state index is 13.3. The largest absolute Gasteiger partial charge is 0.379 e. The molecule has 0 bridgehead atoms. The predicted octanol–water partition coefficient (Wildman–Crippen LogP) is 3.88. The number of para-hydroxylation sites is 1. The van der Waals surface area contributed by atoms with E-state index >= 15 is 0 Å². The average Bonchev–Trinajstić information content (AvgIpc) is 3.11. The number of rotatable bonds is 4. The number of amides is 1. The monoisotopic (exact) mass is 488 g/mol. The van der Waals surface area contributed by atoms with Crippen LogP contribution in [0, 0.1) is 13.8 Å². The number of carbonyl (C=O) groups excluding carboxylic acids is 1. The molecule has 33 heavy (non-hydrogen) atoms. The highest BCUT2D eigenvalue weighted by Gasteiger charge is 2.30. The highest BCUT2D eigenvalue weighted by Crippen LogP contribution is 2.34. The van der Waals surface area contributed by atoms with Gasteiger partial charge in [-0.2, -0.15) is 4.31 Å². The summed E-state index contributed by atoms with van der Waals surface area (Å²) in [6.45, 7) is 11.2. The van der Waals surface area contributed by atoms with Crippen LogP contribution in [0.5, 0.6) is 0 Å². The van der Waals surface area contributed by atoms with Crippen LogP contribution in [0.2, 0.25) is 0 Å². The Morgan fingerprint density at radius 3 is 2.45 bits per heavy atom. The Hall–Kier alpha value is -2.40. The zero-order valence-corrected chi connectivity index (χ0v) is 21.1. The van der Waals surface area contributed by atoms with Gasteiger partial charge in [0.15, 0.2) is 0 Å². The Labute approximate surface area is 198 Å². The van der Waals surface area contributed by atoms with Crippen molar-refractivity contribution in [3.05, 3.63) is 46.2 Å². The first-order valence-electron chi connectivity index (χ1n) is 10.8. The quantitative estimate of drug-likeness (QED) is 0.598. The molecule has 0 unspecified atom stereocenters. The van der Waals surface area contributed by atoms with Gasteiger partial charge in [-0.05, 0) is 31.5 Å². The molecule has 0 saturated carbocycles. The zero-order chi connectivity index (χ0) is 24.0. The van der Waals surface area contributed by atoms with E-state index in [1.54, 1.807) is 18.2 Å². The number of morpholine rings is 1. The smallest absolute Gasteiger partial charge is 0.266 e. The van der Waals surface area contributed by atoms with E-state index < -0.39 is 10.0 Å². The minimum absolute atomic E-state index is 0.0741. The number of fused-ring (bicyclic) bond motifs is 1. The van der Waals surface area contributed by atoms with Gasteiger partial charge in [-0.15, -0.1) is 11.3 Å². The number of benzene rings is 1. The molecule has 0 spiro atoms. The van der Waals surface area contributed by atoms with Crippen LogP contribution >= 0.6 is 11.3 Å². The molecule has 1 fully saturated rings. The number of aromatic nitrogens is 2. The van der Waals surface area contributed by atoms with Gasteiger partial charge in [-0.3, -0.25) is 4.79 Å². The summed E-state index contributed by atoms with van der Waals surface area (Å²) in [5.41, 5.74) is 1.66. The normalized spacial score (nSPS) is 15.7. The van der Waals surface area contributed by atoms with Crippen molar-refractivity contribution < 1.29 is 17.9 Å². The summed E-state index contributed by atoms with van der Waals surface area (Å²) in [5.74, 6) is 0.361. The van der Waals surface area contributed by atoms with E-state index in [0.717, 1.165) is 27.3 Å². The van der Waals surface area contributed by atoms with Gasteiger partial charge in [0.05, 0.1) is 29.5 Å². The predicted molar refractivity (Wildman–Crippen MR) is 130 cm³/mol. The maximum Gasteiger partial charge on any atom is 0.266 e. The Kier molecular flexibility index (Phi) is 6.30. The van der Waals surface area contributed by atoms with Gasteiger partial charge in [0, 0.05) is 23.9 Å². The molecule has 0 atom stereocenters. The third kappa shape index (κ3) is 4.52.